The monoisotopic (exact) mass is 328 g/mol. The fourth-order valence-corrected chi connectivity index (χ4v) is 2.82. The van der Waals surface area contributed by atoms with Gasteiger partial charge in [-0.05, 0) is 36.6 Å². The molecular formula is C17H13BrO2. The van der Waals surface area contributed by atoms with Crippen molar-refractivity contribution in [2.24, 2.45) is 0 Å². The maximum atomic E-state index is 11.8. The van der Waals surface area contributed by atoms with Gasteiger partial charge in [0.2, 0.25) is 0 Å². The van der Waals surface area contributed by atoms with Crippen LogP contribution in [-0.4, -0.2) is 0 Å². The minimum absolute atomic E-state index is 0.322. The molecule has 0 spiro atoms. The van der Waals surface area contributed by atoms with Crippen LogP contribution in [0, 0.1) is 13.8 Å². The molecule has 1 heterocycles. The van der Waals surface area contributed by atoms with Crippen LogP contribution in [0.2, 0.25) is 0 Å². The molecule has 0 N–H and O–H groups in total. The Morgan fingerprint density at radius 3 is 2.45 bits per heavy atom. The van der Waals surface area contributed by atoms with E-state index in [9.17, 15) is 4.79 Å². The molecule has 3 heteroatoms. The molecule has 2 nitrogen and oxygen atoms in total. The molecule has 0 amide bonds. The van der Waals surface area contributed by atoms with Crippen LogP contribution in [0.4, 0.5) is 0 Å². The normalized spacial score (nSPS) is 10.9. The second-order valence-corrected chi connectivity index (χ2v) is 5.64. The molecule has 0 aliphatic carbocycles. The van der Waals surface area contributed by atoms with E-state index in [2.05, 4.69) is 15.9 Å². The molecule has 0 aliphatic heterocycles. The summed E-state index contributed by atoms with van der Waals surface area (Å²) < 4.78 is 6.42. The summed E-state index contributed by atoms with van der Waals surface area (Å²) in [5.41, 5.74) is 4.39. The summed E-state index contributed by atoms with van der Waals surface area (Å²) in [6.45, 7) is 4.03. The predicted molar refractivity (Wildman–Crippen MR) is 85.1 cm³/mol. The smallest absolute Gasteiger partial charge is 0.336 e. The highest BCUT2D eigenvalue weighted by atomic mass is 79.9. The molecule has 3 rings (SSSR count). The van der Waals surface area contributed by atoms with Gasteiger partial charge in [-0.2, -0.15) is 0 Å². The summed E-state index contributed by atoms with van der Waals surface area (Å²) >= 11 is 3.61. The van der Waals surface area contributed by atoms with Crippen molar-refractivity contribution in [2.75, 3.05) is 0 Å². The van der Waals surface area contributed by atoms with E-state index in [1.165, 1.54) is 0 Å². The summed E-state index contributed by atoms with van der Waals surface area (Å²) in [4.78, 5) is 11.8. The summed E-state index contributed by atoms with van der Waals surface area (Å²) in [6, 6.07) is 13.4. The fourth-order valence-electron chi connectivity index (χ4n) is 2.51. The van der Waals surface area contributed by atoms with Gasteiger partial charge in [-0.15, -0.1) is 0 Å². The standard InChI is InChI=1S/C17H13BrO2/c1-10-8-14-16(11(2)17(10)18)13(9-15(19)20-14)12-6-4-3-5-7-12/h3-9H,1-2H3. The van der Waals surface area contributed by atoms with Gasteiger partial charge < -0.3 is 4.42 Å². The third-order valence-corrected chi connectivity index (χ3v) is 4.69. The van der Waals surface area contributed by atoms with E-state index in [4.69, 9.17) is 4.42 Å². The quantitative estimate of drug-likeness (QED) is 0.598. The number of aryl methyl sites for hydroxylation is 2. The van der Waals surface area contributed by atoms with Crippen molar-refractivity contribution in [3.63, 3.8) is 0 Å². The highest BCUT2D eigenvalue weighted by molar-refractivity contribution is 9.10. The number of hydrogen-bond donors (Lipinski definition) is 0. The first-order chi connectivity index (χ1) is 9.58. The van der Waals surface area contributed by atoms with E-state index in [0.29, 0.717) is 5.58 Å². The predicted octanol–water partition coefficient (Wildman–Crippen LogP) is 4.84. The maximum Gasteiger partial charge on any atom is 0.336 e. The molecule has 0 aliphatic rings. The molecule has 20 heavy (non-hydrogen) atoms. The van der Waals surface area contributed by atoms with E-state index in [0.717, 1.165) is 32.1 Å². The number of fused-ring (bicyclic) bond motifs is 1. The highest BCUT2D eigenvalue weighted by Crippen LogP contribution is 2.35. The lowest BCUT2D eigenvalue weighted by atomic mass is 9.97. The van der Waals surface area contributed by atoms with Crippen molar-refractivity contribution in [1.82, 2.24) is 0 Å². The molecule has 2 aromatic carbocycles. The Morgan fingerprint density at radius 1 is 1.05 bits per heavy atom. The van der Waals surface area contributed by atoms with E-state index in [1.807, 2.05) is 50.2 Å². The Hall–Kier alpha value is -1.87. The van der Waals surface area contributed by atoms with Gasteiger partial charge in [0.25, 0.3) is 0 Å². The Labute approximate surface area is 125 Å². The van der Waals surface area contributed by atoms with E-state index < -0.39 is 0 Å². The molecule has 0 saturated carbocycles. The molecule has 0 saturated heterocycles. The van der Waals surface area contributed by atoms with Crippen molar-refractivity contribution in [1.29, 1.82) is 0 Å². The highest BCUT2D eigenvalue weighted by Gasteiger charge is 2.13. The van der Waals surface area contributed by atoms with Crippen LogP contribution in [0.25, 0.3) is 22.1 Å². The number of rotatable bonds is 1. The van der Waals surface area contributed by atoms with Crippen LogP contribution in [-0.2, 0) is 0 Å². The molecule has 3 aromatic rings. The van der Waals surface area contributed by atoms with Crippen LogP contribution in [0.1, 0.15) is 11.1 Å². The van der Waals surface area contributed by atoms with Crippen molar-refractivity contribution in [3.8, 4) is 11.1 Å². The summed E-state index contributed by atoms with van der Waals surface area (Å²) in [5, 5.41) is 0.980. The van der Waals surface area contributed by atoms with Gasteiger partial charge in [-0.3, -0.25) is 0 Å². The molecule has 0 unspecified atom stereocenters. The lowest BCUT2D eigenvalue weighted by Crippen LogP contribution is -2.00. The van der Waals surface area contributed by atoms with Crippen LogP contribution >= 0.6 is 15.9 Å². The zero-order valence-electron chi connectivity index (χ0n) is 11.2. The van der Waals surface area contributed by atoms with E-state index in [1.54, 1.807) is 6.07 Å². The minimum Gasteiger partial charge on any atom is -0.423 e. The molecular weight excluding hydrogens is 316 g/mol. The number of halogens is 1. The van der Waals surface area contributed by atoms with Gasteiger partial charge in [0, 0.05) is 21.5 Å². The Kier molecular flexibility index (Phi) is 3.22. The van der Waals surface area contributed by atoms with E-state index >= 15 is 0 Å². The molecule has 0 radical (unpaired) electrons. The zero-order chi connectivity index (χ0) is 14.3. The van der Waals surface area contributed by atoms with Crippen molar-refractivity contribution in [3.05, 3.63) is 68.5 Å². The Morgan fingerprint density at radius 2 is 1.75 bits per heavy atom. The van der Waals surface area contributed by atoms with Crippen molar-refractivity contribution >= 4 is 26.9 Å². The Balaban J connectivity index is 2.49. The van der Waals surface area contributed by atoms with Crippen LogP contribution in [0.3, 0.4) is 0 Å². The zero-order valence-corrected chi connectivity index (χ0v) is 12.8. The van der Waals surface area contributed by atoms with Crippen LogP contribution in [0.15, 0.2) is 56.1 Å². The van der Waals surface area contributed by atoms with Crippen LogP contribution in [0.5, 0.6) is 0 Å². The van der Waals surface area contributed by atoms with Crippen LogP contribution < -0.4 is 5.63 Å². The first-order valence-corrected chi connectivity index (χ1v) is 7.16. The Bertz CT molecular complexity index is 848. The number of benzene rings is 2. The van der Waals surface area contributed by atoms with Gasteiger partial charge in [-0.1, -0.05) is 46.3 Å². The topological polar surface area (TPSA) is 30.2 Å². The van der Waals surface area contributed by atoms with Crippen molar-refractivity contribution in [2.45, 2.75) is 13.8 Å². The molecule has 1 aromatic heterocycles. The van der Waals surface area contributed by atoms with Gasteiger partial charge in [0.15, 0.2) is 0 Å². The second-order valence-electron chi connectivity index (χ2n) is 4.85. The molecule has 0 bridgehead atoms. The minimum atomic E-state index is -0.322. The third kappa shape index (κ3) is 2.08. The summed E-state index contributed by atoms with van der Waals surface area (Å²) in [7, 11) is 0. The SMILES string of the molecule is Cc1cc2oc(=O)cc(-c3ccccc3)c2c(C)c1Br. The van der Waals surface area contributed by atoms with Crippen molar-refractivity contribution < 1.29 is 4.42 Å². The molecule has 100 valence electrons. The van der Waals surface area contributed by atoms with Gasteiger partial charge in [0.05, 0.1) is 0 Å². The van der Waals surface area contributed by atoms with E-state index in [-0.39, 0.29) is 5.63 Å². The first-order valence-electron chi connectivity index (χ1n) is 6.37. The fraction of sp³-hybridized carbons (Fsp3) is 0.118. The molecule has 0 fully saturated rings. The van der Waals surface area contributed by atoms with Gasteiger partial charge in [-0.25, -0.2) is 4.79 Å². The second kappa shape index (κ2) is 4.91. The lowest BCUT2D eigenvalue weighted by Gasteiger charge is -2.11. The third-order valence-electron chi connectivity index (χ3n) is 3.47. The average molecular weight is 329 g/mol. The first kappa shape index (κ1) is 13.1. The molecule has 0 atom stereocenters. The van der Waals surface area contributed by atoms with Gasteiger partial charge >= 0.3 is 5.63 Å². The summed E-state index contributed by atoms with van der Waals surface area (Å²) in [5.74, 6) is 0. The summed E-state index contributed by atoms with van der Waals surface area (Å²) in [6.07, 6.45) is 0. The average Bonchev–Trinajstić information content (AvgIpc) is 2.45. The van der Waals surface area contributed by atoms with Gasteiger partial charge in [0.1, 0.15) is 5.58 Å². The maximum absolute atomic E-state index is 11.8. The lowest BCUT2D eigenvalue weighted by molar-refractivity contribution is 0.561. The largest absolute Gasteiger partial charge is 0.423 e. The number of hydrogen-bond acceptors (Lipinski definition) is 2.